The van der Waals surface area contributed by atoms with Gasteiger partial charge in [0.25, 0.3) is 8.32 Å². The topological polar surface area (TPSA) is 43.4 Å². The summed E-state index contributed by atoms with van der Waals surface area (Å²) in [6.07, 6.45) is 2.26. The van der Waals surface area contributed by atoms with Crippen molar-refractivity contribution >= 4 is 28.5 Å². The quantitative estimate of drug-likeness (QED) is 0.452. The molecule has 0 aromatic heterocycles. The van der Waals surface area contributed by atoms with E-state index in [-0.39, 0.29) is 17.1 Å². The molecule has 172 valence electrons. The van der Waals surface area contributed by atoms with Gasteiger partial charge in [-0.2, -0.15) is 0 Å². The van der Waals surface area contributed by atoms with Crippen LogP contribution < -0.4 is 10.4 Å². The fourth-order valence-electron chi connectivity index (χ4n) is 4.96. The van der Waals surface area contributed by atoms with Crippen molar-refractivity contribution in [2.45, 2.75) is 50.2 Å². The molecule has 5 heteroatoms. The maximum atomic E-state index is 13.4. The lowest BCUT2D eigenvalue weighted by Crippen LogP contribution is -2.68. The lowest BCUT2D eigenvalue weighted by molar-refractivity contribution is 0.163. The third-order valence-corrected chi connectivity index (χ3v) is 13.8. The number of benzene rings is 3. The Morgan fingerprint density at radius 1 is 0.788 bits per heavy atom. The summed E-state index contributed by atoms with van der Waals surface area (Å²) in [7, 11) is -6.30. The number of hydrogen-bond donors (Lipinski definition) is 0. The van der Waals surface area contributed by atoms with Crippen molar-refractivity contribution in [3.63, 3.8) is 0 Å². The molecule has 0 fully saturated rings. The van der Waals surface area contributed by atoms with Crippen molar-refractivity contribution in [3.8, 4) is 0 Å². The molecule has 3 aromatic carbocycles. The summed E-state index contributed by atoms with van der Waals surface area (Å²) < 4.78 is 34.0. The molecule has 0 aliphatic heterocycles. The van der Waals surface area contributed by atoms with Gasteiger partial charge in [0, 0.05) is 5.92 Å². The minimum atomic E-state index is -3.54. The summed E-state index contributed by atoms with van der Waals surface area (Å²) in [6.45, 7) is 8.72. The van der Waals surface area contributed by atoms with E-state index in [1.807, 2.05) is 31.2 Å². The Morgan fingerprint density at radius 2 is 1.24 bits per heavy atom. The summed E-state index contributed by atoms with van der Waals surface area (Å²) in [6, 6.07) is 29.7. The van der Waals surface area contributed by atoms with Gasteiger partial charge in [0.05, 0.1) is 15.9 Å². The van der Waals surface area contributed by atoms with E-state index in [1.165, 1.54) is 10.4 Å². The molecule has 0 heterocycles. The predicted octanol–water partition coefficient (Wildman–Crippen LogP) is 5.33. The molecule has 0 amide bonds. The van der Waals surface area contributed by atoms with Crippen LogP contribution in [0.1, 0.15) is 34.1 Å². The van der Waals surface area contributed by atoms with Gasteiger partial charge >= 0.3 is 0 Å². The third kappa shape index (κ3) is 4.25. The molecule has 1 aliphatic carbocycles. The van der Waals surface area contributed by atoms with Crippen LogP contribution in [0.2, 0.25) is 5.04 Å². The zero-order valence-corrected chi connectivity index (χ0v) is 21.5. The minimum Gasteiger partial charge on any atom is -0.404 e. The summed E-state index contributed by atoms with van der Waals surface area (Å²) in [5, 5.41) is 2.25. The standard InChI is InChI=1S/C28H32O3SSi/c1-22-26(20-21-27(22)32(29,30)23-14-8-5-9-15-23)31-33(28(2,3)4,24-16-10-6-11-17-24)25-18-12-7-13-19-25/h5-19,21-22,26H,20H2,1-4H3/t22-,26+/m1/s1. The van der Waals surface area contributed by atoms with Crippen molar-refractivity contribution < 1.29 is 12.8 Å². The summed E-state index contributed by atoms with van der Waals surface area (Å²) in [4.78, 5) is 0.811. The summed E-state index contributed by atoms with van der Waals surface area (Å²) in [5.74, 6) is -0.225. The van der Waals surface area contributed by atoms with Crippen LogP contribution in [0.4, 0.5) is 0 Å². The normalized spacial score (nSPS) is 19.3. The summed E-state index contributed by atoms with van der Waals surface area (Å²) >= 11 is 0. The van der Waals surface area contributed by atoms with E-state index in [1.54, 1.807) is 24.3 Å². The van der Waals surface area contributed by atoms with Crippen molar-refractivity contribution in [2.24, 2.45) is 5.92 Å². The Labute approximate surface area is 199 Å². The monoisotopic (exact) mass is 476 g/mol. The summed E-state index contributed by atoms with van der Waals surface area (Å²) in [5.41, 5.74) is 0. The fourth-order valence-corrected chi connectivity index (χ4v) is 11.5. The minimum absolute atomic E-state index is 0.156. The van der Waals surface area contributed by atoms with E-state index >= 15 is 0 Å². The number of hydrogen-bond acceptors (Lipinski definition) is 3. The molecule has 33 heavy (non-hydrogen) atoms. The van der Waals surface area contributed by atoms with Crippen LogP contribution in [0.5, 0.6) is 0 Å². The van der Waals surface area contributed by atoms with Crippen molar-refractivity contribution in [1.82, 2.24) is 0 Å². The van der Waals surface area contributed by atoms with E-state index in [9.17, 15) is 8.42 Å². The first-order valence-electron chi connectivity index (χ1n) is 11.5. The Morgan fingerprint density at radius 3 is 1.70 bits per heavy atom. The maximum Gasteiger partial charge on any atom is 0.261 e. The lowest BCUT2D eigenvalue weighted by atomic mass is 10.1. The van der Waals surface area contributed by atoms with Crippen LogP contribution in [-0.4, -0.2) is 22.8 Å². The molecule has 0 unspecified atom stereocenters. The van der Waals surface area contributed by atoms with Gasteiger partial charge in [-0.15, -0.1) is 0 Å². The van der Waals surface area contributed by atoms with Gasteiger partial charge in [-0.1, -0.05) is 113 Å². The molecule has 3 aromatic rings. The van der Waals surface area contributed by atoms with E-state index in [0.29, 0.717) is 16.2 Å². The van der Waals surface area contributed by atoms with Crippen LogP contribution in [0, 0.1) is 5.92 Å². The molecule has 3 nitrogen and oxygen atoms in total. The van der Waals surface area contributed by atoms with Crippen LogP contribution in [0.25, 0.3) is 0 Å². The van der Waals surface area contributed by atoms with Crippen LogP contribution in [-0.2, 0) is 14.3 Å². The lowest BCUT2D eigenvalue weighted by Gasteiger charge is -2.45. The number of sulfone groups is 1. The Bertz CT molecular complexity index is 1170. The van der Waals surface area contributed by atoms with E-state index in [2.05, 4.69) is 69.3 Å². The van der Waals surface area contributed by atoms with Crippen molar-refractivity contribution in [1.29, 1.82) is 0 Å². The molecule has 0 saturated carbocycles. The fraction of sp³-hybridized carbons (Fsp3) is 0.286. The predicted molar refractivity (Wildman–Crippen MR) is 138 cm³/mol. The van der Waals surface area contributed by atoms with Gasteiger partial charge in [-0.3, -0.25) is 0 Å². The Balaban J connectivity index is 1.76. The zero-order valence-electron chi connectivity index (χ0n) is 19.7. The molecular weight excluding hydrogens is 444 g/mol. The maximum absolute atomic E-state index is 13.4. The highest BCUT2D eigenvalue weighted by atomic mass is 32.2. The molecule has 0 radical (unpaired) electrons. The van der Waals surface area contributed by atoms with Crippen LogP contribution in [0.15, 0.2) is 107 Å². The molecule has 0 spiro atoms. The second-order valence-corrected chi connectivity index (χ2v) is 16.0. The first-order chi connectivity index (χ1) is 15.7. The highest BCUT2D eigenvalue weighted by Crippen LogP contribution is 2.42. The first-order valence-corrected chi connectivity index (χ1v) is 14.9. The van der Waals surface area contributed by atoms with E-state index in [0.717, 1.165) is 0 Å². The van der Waals surface area contributed by atoms with Gasteiger partial charge in [0.15, 0.2) is 0 Å². The van der Waals surface area contributed by atoms with Gasteiger partial charge in [-0.05, 0) is 34.0 Å². The van der Waals surface area contributed by atoms with Gasteiger partial charge < -0.3 is 4.43 Å². The van der Waals surface area contributed by atoms with Crippen molar-refractivity contribution in [3.05, 3.63) is 102 Å². The van der Waals surface area contributed by atoms with Crippen molar-refractivity contribution in [2.75, 3.05) is 0 Å². The Hall–Kier alpha value is -2.47. The molecule has 0 saturated heterocycles. The van der Waals surface area contributed by atoms with Gasteiger partial charge in [-0.25, -0.2) is 8.42 Å². The second-order valence-electron chi connectivity index (χ2n) is 9.77. The average Bonchev–Trinajstić information content (AvgIpc) is 3.19. The van der Waals surface area contributed by atoms with E-state index < -0.39 is 18.2 Å². The third-order valence-electron chi connectivity index (χ3n) is 6.67. The molecule has 0 bridgehead atoms. The average molecular weight is 477 g/mol. The largest absolute Gasteiger partial charge is 0.404 e. The number of rotatable bonds is 6. The second kappa shape index (κ2) is 9.05. The molecule has 4 rings (SSSR count). The highest BCUT2D eigenvalue weighted by molar-refractivity contribution is 7.95. The SMILES string of the molecule is C[C@H]1C(S(=O)(=O)c2ccccc2)=CC[C@@H]1O[Si](c1ccccc1)(c1ccccc1)C(C)(C)C. The molecular formula is C28H32O3SSi. The van der Waals surface area contributed by atoms with E-state index in [4.69, 9.17) is 4.43 Å². The highest BCUT2D eigenvalue weighted by Gasteiger charge is 2.53. The van der Waals surface area contributed by atoms with Crippen LogP contribution >= 0.6 is 0 Å². The molecule has 1 aliphatic rings. The molecule has 0 N–H and O–H groups in total. The first kappa shape index (κ1) is 23.7. The zero-order chi connectivity index (χ0) is 23.7. The van der Waals surface area contributed by atoms with Gasteiger partial charge in [0.1, 0.15) is 0 Å². The smallest absolute Gasteiger partial charge is 0.261 e. The molecule has 2 atom stereocenters. The van der Waals surface area contributed by atoms with Gasteiger partial charge in [0.2, 0.25) is 9.84 Å². The Kier molecular flexibility index (Phi) is 6.49. The van der Waals surface area contributed by atoms with Crippen LogP contribution in [0.3, 0.4) is 0 Å².